The Morgan fingerprint density at radius 1 is 1.44 bits per heavy atom. The number of aryl methyl sites for hydroxylation is 1. The maximum atomic E-state index is 5.85. The molecule has 1 aromatic rings. The maximum Gasteiger partial charge on any atom is 0.139 e. The Kier molecular flexibility index (Phi) is 2.95. The van der Waals surface area contributed by atoms with Gasteiger partial charge in [0.25, 0.3) is 0 Å². The lowest BCUT2D eigenvalue weighted by Gasteiger charge is -2.34. The molecule has 2 bridgehead atoms. The summed E-state index contributed by atoms with van der Waals surface area (Å²) in [7, 11) is 0. The van der Waals surface area contributed by atoms with E-state index in [1.54, 1.807) is 0 Å². The number of morpholine rings is 1. The Labute approximate surface area is 112 Å². The van der Waals surface area contributed by atoms with E-state index in [0.717, 1.165) is 42.9 Å². The highest BCUT2D eigenvalue weighted by Gasteiger charge is 2.35. The first-order valence-corrected chi connectivity index (χ1v) is 6.72. The van der Waals surface area contributed by atoms with E-state index < -0.39 is 0 Å². The van der Waals surface area contributed by atoms with Crippen LogP contribution in [-0.4, -0.2) is 35.3 Å². The second-order valence-electron chi connectivity index (χ2n) is 5.05. The van der Waals surface area contributed by atoms with Gasteiger partial charge in [-0.25, -0.2) is 4.98 Å². The summed E-state index contributed by atoms with van der Waals surface area (Å²) in [4.78, 5) is 7.18. The van der Waals surface area contributed by atoms with Crippen molar-refractivity contribution in [1.82, 2.24) is 4.98 Å². The number of thiocarbonyl (C=S) groups is 1. The lowest BCUT2D eigenvalue weighted by molar-refractivity contribution is 0.0302. The number of nitrogens with two attached hydrogens (primary N) is 1. The number of anilines is 1. The molecule has 3 heterocycles. The first-order valence-electron chi connectivity index (χ1n) is 6.31. The average Bonchev–Trinajstić information content (AvgIpc) is 2.67. The molecule has 2 unspecified atom stereocenters. The third-order valence-electron chi connectivity index (χ3n) is 3.73. The van der Waals surface area contributed by atoms with Crippen molar-refractivity contribution in [2.75, 3.05) is 18.0 Å². The summed E-state index contributed by atoms with van der Waals surface area (Å²) in [6, 6.07) is 1.95. The molecule has 2 aliphatic rings. The highest BCUT2D eigenvalue weighted by atomic mass is 32.1. The van der Waals surface area contributed by atoms with Crippen molar-refractivity contribution in [2.24, 2.45) is 5.73 Å². The second kappa shape index (κ2) is 4.48. The molecule has 2 N–H and O–H groups in total. The predicted molar refractivity (Wildman–Crippen MR) is 75.0 cm³/mol. The number of ether oxygens (including phenoxy) is 1. The number of pyridine rings is 1. The Morgan fingerprint density at radius 3 is 2.72 bits per heavy atom. The molecule has 0 aliphatic carbocycles. The Balaban J connectivity index is 1.97. The molecular weight excluding hydrogens is 246 g/mol. The maximum absolute atomic E-state index is 5.85. The van der Waals surface area contributed by atoms with Gasteiger partial charge in [0.1, 0.15) is 10.8 Å². The zero-order chi connectivity index (χ0) is 12.7. The van der Waals surface area contributed by atoms with Crippen molar-refractivity contribution in [3.05, 3.63) is 23.4 Å². The van der Waals surface area contributed by atoms with Crippen LogP contribution in [0.4, 0.5) is 5.82 Å². The summed E-state index contributed by atoms with van der Waals surface area (Å²) < 4.78 is 5.85. The molecule has 4 nitrogen and oxygen atoms in total. The fourth-order valence-corrected chi connectivity index (χ4v) is 3.13. The molecule has 0 aromatic carbocycles. The van der Waals surface area contributed by atoms with Gasteiger partial charge in [0.2, 0.25) is 0 Å². The van der Waals surface area contributed by atoms with Crippen LogP contribution in [0.15, 0.2) is 12.3 Å². The molecule has 2 saturated heterocycles. The smallest absolute Gasteiger partial charge is 0.139 e. The van der Waals surface area contributed by atoms with Crippen LogP contribution in [-0.2, 0) is 4.74 Å². The lowest BCUT2D eigenvalue weighted by atomic mass is 10.1. The summed E-state index contributed by atoms with van der Waals surface area (Å²) >= 11 is 5.16. The fourth-order valence-electron chi connectivity index (χ4n) is 2.88. The summed E-state index contributed by atoms with van der Waals surface area (Å²) in [5.74, 6) is 0.919. The highest BCUT2D eigenvalue weighted by molar-refractivity contribution is 7.80. The van der Waals surface area contributed by atoms with Crippen molar-refractivity contribution in [3.63, 3.8) is 0 Å². The van der Waals surface area contributed by atoms with E-state index >= 15 is 0 Å². The fraction of sp³-hybridized carbons (Fsp3) is 0.538. The molecule has 5 heteroatoms. The van der Waals surface area contributed by atoms with E-state index in [-0.39, 0.29) is 0 Å². The van der Waals surface area contributed by atoms with Crippen molar-refractivity contribution in [3.8, 4) is 0 Å². The monoisotopic (exact) mass is 263 g/mol. The SMILES string of the molecule is Cc1ccnc(N2CC3CCC(C2)O3)c1C(N)=S. The molecule has 1 aromatic heterocycles. The number of rotatable bonds is 2. The Bertz CT molecular complexity index is 479. The van der Waals surface area contributed by atoms with Gasteiger partial charge in [-0.3, -0.25) is 0 Å². The number of nitrogens with zero attached hydrogens (tertiary/aromatic N) is 2. The molecule has 3 rings (SSSR count). The van der Waals surface area contributed by atoms with Crippen LogP contribution >= 0.6 is 12.2 Å². The quantitative estimate of drug-likeness (QED) is 0.817. The van der Waals surface area contributed by atoms with Crippen LogP contribution in [0.2, 0.25) is 0 Å². The van der Waals surface area contributed by atoms with E-state index in [2.05, 4.69) is 9.88 Å². The number of aromatic nitrogens is 1. The largest absolute Gasteiger partial charge is 0.389 e. The minimum absolute atomic E-state index is 0.338. The van der Waals surface area contributed by atoms with Crippen molar-refractivity contribution in [1.29, 1.82) is 0 Å². The molecule has 2 atom stereocenters. The van der Waals surface area contributed by atoms with Gasteiger partial charge < -0.3 is 15.4 Å². The van der Waals surface area contributed by atoms with Crippen LogP contribution in [0, 0.1) is 6.92 Å². The second-order valence-corrected chi connectivity index (χ2v) is 5.49. The van der Waals surface area contributed by atoms with Crippen molar-refractivity contribution >= 4 is 23.0 Å². The van der Waals surface area contributed by atoms with Crippen LogP contribution in [0.5, 0.6) is 0 Å². The number of hydrogen-bond donors (Lipinski definition) is 1. The van der Waals surface area contributed by atoms with Gasteiger partial charge in [0.15, 0.2) is 0 Å². The molecule has 18 heavy (non-hydrogen) atoms. The van der Waals surface area contributed by atoms with Gasteiger partial charge in [-0.2, -0.15) is 0 Å². The molecule has 0 saturated carbocycles. The predicted octanol–water partition coefficient (Wildman–Crippen LogP) is 1.39. The summed E-state index contributed by atoms with van der Waals surface area (Å²) in [5.41, 5.74) is 7.84. The van der Waals surface area contributed by atoms with Crippen molar-refractivity contribution < 1.29 is 4.74 Å². The Hall–Kier alpha value is -1.20. The van der Waals surface area contributed by atoms with E-state index in [9.17, 15) is 0 Å². The summed E-state index contributed by atoms with van der Waals surface area (Å²) in [6.07, 6.45) is 4.80. The average molecular weight is 263 g/mol. The standard InChI is InChI=1S/C13H17N3OS/c1-8-4-5-15-13(11(8)12(14)18)16-6-9-2-3-10(7-16)17-9/h4-5,9-10H,2-3,6-7H2,1H3,(H2,14,18). The van der Waals surface area contributed by atoms with Crippen molar-refractivity contribution in [2.45, 2.75) is 32.0 Å². The van der Waals surface area contributed by atoms with E-state index in [1.165, 1.54) is 0 Å². The zero-order valence-electron chi connectivity index (χ0n) is 10.4. The van der Waals surface area contributed by atoms with Gasteiger partial charge in [-0.05, 0) is 31.4 Å². The minimum atomic E-state index is 0.338. The molecule has 2 aliphatic heterocycles. The summed E-state index contributed by atoms with van der Waals surface area (Å²) in [5, 5.41) is 0. The third-order valence-corrected chi connectivity index (χ3v) is 3.93. The van der Waals surface area contributed by atoms with Crippen LogP contribution < -0.4 is 10.6 Å². The van der Waals surface area contributed by atoms with Gasteiger partial charge in [0.05, 0.1) is 17.8 Å². The molecule has 0 amide bonds. The molecule has 0 spiro atoms. The van der Waals surface area contributed by atoms with Gasteiger partial charge >= 0.3 is 0 Å². The third kappa shape index (κ3) is 1.97. The number of fused-ring (bicyclic) bond motifs is 2. The Morgan fingerprint density at radius 2 is 2.11 bits per heavy atom. The van der Waals surface area contributed by atoms with Crippen LogP contribution in [0.25, 0.3) is 0 Å². The number of hydrogen-bond acceptors (Lipinski definition) is 4. The topological polar surface area (TPSA) is 51.4 Å². The molecule has 2 fully saturated rings. The van der Waals surface area contributed by atoms with Crippen LogP contribution in [0.1, 0.15) is 24.0 Å². The minimum Gasteiger partial charge on any atom is -0.389 e. The lowest BCUT2D eigenvalue weighted by Crippen LogP contribution is -2.44. The van der Waals surface area contributed by atoms with E-state index in [4.69, 9.17) is 22.7 Å². The molecular formula is C13H17N3OS. The van der Waals surface area contributed by atoms with Gasteiger partial charge in [-0.15, -0.1) is 0 Å². The van der Waals surface area contributed by atoms with Gasteiger partial charge in [-0.1, -0.05) is 12.2 Å². The normalized spacial score (nSPS) is 26.4. The van der Waals surface area contributed by atoms with Crippen LogP contribution in [0.3, 0.4) is 0 Å². The first-order chi connectivity index (χ1) is 8.65. The molecule has 96 valence electrons. The van der Waals surface area contributed by atoms with E-state index in [0.29, 0.717) is 17.2 Å². The summed E-state index contributed by atoms with van der Waals surface area (Å²) in [6.45, 7) is 3.81. The zero-order valence-corrected chi connectivity index (χ0v) is 11.2. The van der Waals surface area contributed by atoms with E-state index in [1.807, 2.05) is 19.2 Å². The molecule has 0 radical (unpaired) electrons. The first kappa shape index (κ1) is 11.9. The highest BCUT2D eigenvalue weighted by Crippen LogP contribution is 2.31. The van der Waals surface area contributed by atoms with Gasteiger partial charge in [0, 0.05) is 19.3 Å².